The van der Waals surface area contributed by atoms with Gasteiger partial charge in [-0.05, 0) is 55.6 Å². The molecule has 1 fully saturated rings. The first kappa shape index (κ1) is 16.0. The number of rotatable bonds is 6. The lowest BCUT2D eigenvalue weighted by Gasteiger charge is -2.27. The van der Waals surface area contributed by atoms with Gasteiger partial charge in [0.15, 0.2) is 0 Å². The highest BCUT2D eigenvalue weighted by Crippen LogP contribution is 2.28. The summed E-state index contributed by atoms with van der Waals surface area (Å²) >= 11 is 1.76. The van der Waals surface area contributed by atoms with Crippen molar-refractivity contribution in [3.05, 3.63) is 52.2 Å². The highest BCUT2D eigenvalue weighted by Gasteiger charge is 2.24. The molecule has 1 aliphatic rings. The van der Waals surface area contributed by atoms with Crippen LogP contribution in [0.5, 0.6) is 5.75 Å². The highest BCUT2D eigenvalue weighted by molar-refractivity contribution is 7.10. The molecule has 2 heterocycles. The van der Waals surface area contributed by atoms with Crippen molar-refractivity contribution >= 4 is 17.2 Å². The van der Waals surface area contributed by atoms with Crippen LogP contribution in [0.2, 0.25) is 0 Å². The van der Waals surface area contributed by atoms with Gasteiger partial charge in [0.2, 0.25) is 0 Å². The molecule has 122 valence electrons. The van der Waals surface area contributed by atoms with E-state index in [9.17, 15) is 4.79 Å². The molecule has 0 unspecified atom stereocenters. The van der Waals surface area contributed by atoms with Crippen LogP contribution in [0, 0.1) is 0 Å². The molecule has 1 N–H and O–H groups in total. The first-order chi connectivity index (χ1) is 11.3. The Morgan fingerprint density at radius 3 is 2.83 bits per heavy atom. The van der Waals surface area contributed by atoms with Crippen LogP contribution in [-0.2, 0) is 0 Å². The van der Waals surface area contributed by atoms with Gasteiger partial charge >= 0.3 is 0 Å². The number of ether oxygens (including phenoxy) is 1. The summed E-state index contributed by atoms with van der Waals surface area (Å²) in [4.78, 5) is 16.2. The maximum absolute atomic E-state index is 12.4. The van der Waals surface area contributed by atoms with E-state index in [0.29, 0.717) is 17.9 Å². The van der Waals surface area contributed by atoms with Gasteiger partial charge in [0.1, 0.15) is 5.75 Å². The predicted molar refractivity (Wildman–Crippen MR) is 93.2 cm³/mol. The molecule has 1 amide bonds. The molecule has 4 nitrogen and oxygen atoms in total. The fourth-order valence-electron chi connectivity index (χ4n) is 3.00. The predicted octanol–water partition coefficient (Wildman–Crippen LogP) is 3.32. The third-order valence-corrected chi connectivity index (χ3v) is 5.21. The van der Waals surface area contributed by atoms with E-state index < -0.39 is 0 Å². The number of benzene rings is 1. The van der Waals surface area contributed by atoms with Crippen LogP contribution >= 0.6 is 11.3 Å². The largest absolute Gasteiger partial charge is 0.497 e. The Hall–Kier alpha value is -1.85. The van der Waals surface area contributed by atoms with E-state index in [-0.39, 0.29) is 11.9 Å². The topological polar surface area (TPSA) is 41.6 Å². The molecule has 0 saturated carbocycles. The minimum atomic E-state index is -0.0512. The Labute approximate surface area is 141 Å². The lowest BCUT2D eigenvalue weighted by molar-refractivity contribution is 0.0938. The lowest BCUT2D eigenvalue weighted by Crippen LogP contribution is -2.36. The van der Waals surface area contributed by atoms with Crippen LogP contribution in [0.3, 0.4) is 0 Å². The van der Waals surface area contributed by atoms with Crippen LogP contribution in [0.15, 0.2) is 41.8 Å². The van der Waals surface area contributed by atoms with E-state index >= 15 is 0 Å². The zero-order valence-electron chi connectivity index (χ0n) is 13.3. The zero-order valence-corrected chi connectivity index (χ0v) is 14.1. The van der Waals surface area contributed by atoms with Gasteiger partial charge in [0.05, 0.1) is 13.2 Å². The third-order valence-electron chi connectivity index (χ3n) is 4.24. The Morgan fingerprint density at radius 1 is 1.30 bits per heavy atom. The number of hydrogen-bond donors (Lipinski definition) is 1. The van der Waals surface area contributed by atoms with Crippen molar-refractivity contribution in [1.29, 1.82) is 0 Å². The van der Waals surface area contributed by atoms with Gasteiger partial charge in [-0.3, -0.25) is 9.69 Å². The molecule has 23 heavy (non-hydrogen) atoms. The first-order valence-electron chi connectivity index (χ1n) is 7.97. The number of nitrogens with zero attached hydrogens (tertiary/aromatic N) is 1. The van der Waals surface area contributed by atoms with Gasteiger partial charge in [-0.2, -0.15) is 0 Å². The van der Waals surface area contributed by atoms with E-state index in [0.717, 1.165) is 13.1 Å². The van der Waals surface area contributed by atoms with Gasteiger partial charge in [-0.15, -0.1) is 11.3 Å². The van der Waals surface area contributed by atoms with Gasteiger partial charge in [-0.25, -0.2) is 0 Å². The summed E-state index contributed by atoms with van der Waals surface area (Å²) in [7, 11) is 1.61. The molecule has 0 spiro atoms. The summed E-state index contributed by atoms with van der Waals surface area (Å²) < 4.78 is 5.18. The number of thiophene rings is 1. The normalized spacial score (nSPS) is 16.2. The van der Waals surface area contributed by atoms with Crippen LogP contribution < -0.4 is 10.1 Å². The summed E-state index contributed by atoms with van der Waals surface area (Å²) in [6, 6.07) is 11.8. The molecule has 1 aliphatic heterocycles. The fourth-order valence-corrected chi connectivity index (χ4v) is 3.86. The van der Waals surface area contributed by atoms with Crippen LogP contribution in [0.1, 0.15) is 34.1 Å². The Morgan fingerprint density at radius 2 is 2.13 bits per heavy atom. The van der Waals surface area contributed by atoms with E-state index in [1.807, 2.05) is 18.2 Å². The van der Waals surface area contributed by atoms with Crippen LogP contribution in [-0.4, -0.2) is 37.6 Å². The molecule has 1 atom stereocenters. The lowest BCUT2D eigenvalue weighted by atomic mass is 10.1. The molecular formula is C18H22N2O2S. The molecule has 0 aliphatic carbocycles. The van der Waals surface area contributed by atoms with Gasteiger partial charge in [0, 0.05) is 17.0 Å². The second kappa shape index (κ2) is 7.62. The van der Waals surface area contributed by atoms with Crippen molar-refractivity contribution in [3.63, 3.8) is 0 Å². The summed E-state index contributed by atoms with van der Waals surface area (Å²) in [6.45, 7) is 2.85. The Balaban J connectivity index is 1.67. The Bertz CT molecular complexity index is 636. The quantitative estimate of drug-likeness (QED) is 0.883. The van der Waals surface area contributed by atoms with Crippen molar-refractivity contribution < 1.29 is 9.53 Å². The third kappa shape index (κ3) is 3.92. The van der Waals surface area contributed by atoms with E-state index in [4.69, 9.17) is 4.74 Å². The maximum atomic E-state index is 12.4. The smallest absolute Gasteiger partial charge is 0.251 e. The average Bonchev–Trinajstić information content (AvgIpc) is 3.29. The molecule has 0 bridgehead atoms. The summed E-state index contributed by atoms with van der Waals surface area (Å²) in [5.74, 6) is 0.650. The molecule has 1 aromatic heterocycles. The Kier molecular flexibility index (Phi) is 5.31. The fraction of sp³-hybridized carbons (Fsp3) is 0.389. The zero-order chi connectivity index (χ0) is 16.1. The number of amides is 1. The van der Waals surface area contributed by atoms with Crippen molar-refractivity contribution in [2.24, 2.45) is 0 Å². The molecule has 3 rings (SSSR count). The van der Waals surface area contributed by atoms with Gasteiger partial charge in [0.25, 0.3) is 5.91 Å². The molecule has 0 radical (unpaired) electrons. The van der Waals surface area contributed by atoms with Crippen molar-refractivity contribution in [1.82, 2.24) is 10.2 Å². The van der Waals surface area contributed by atoms with Crippen LogP contribution in [0.4, 0.5) is 0 Å². The van der Waals surface area contributed by atoms with Crippen LogP contribution in [0.25, 0.3) is 0 Å². The van der Waals surface area contributed by atoms with Gasteiger partial charge < -0.3 is 10.1 Å². The second-order valence-electron chi connectivity index (χ2n) is 5.72. The number of hydrogen-bond acceptors (Lipinski definition) is 4. The minimum absolute atomic E-state index is 0.0512. The molecular weight excluding hydrogens is 308 g/mol. The summed E-state index contributed by atoms with van der Waals surface area (Å²) in [5, 5.41) is 5.19. The summed E-state index contributed by atoms with van der Waals surface area (Å²) in [6.07, 6.45) is 2.48. The minimum Gasteiger partial charge on any atom is -0.497 e. The number of methoxy groups -OCH3 is 1. The number of carbonyl (C=O) groups is 1. The average molecular weight is 330 g/mol. The maximum Gasteiger partial charge on any atom is 0.251 e. The SMILES string of the molecule is COc1cccc(C(=O)NC[C@H](c2cccs2)N2CCCC2)c1. The molecule has 2 aromatic rings. The first-order valence-corrected chi connectivity index (χ1v) is 8.85. The van der Waals surface area contributed by atoms with Gasteiger partial charge in [-0.1, -0.05) is 12.1 Å². The highest BCUT2D eigenvalue weighted by atomic mass is 32.1. The molecule has 1 aromatic carbocycles. The summed E-state index contributed by atoms with van der Waals surface area (Å²) in [5.41, 5.74) is 0.635. The van der Waals surface area contributed by atoms with E-state index in [1.54, 1.807) is 24.5 Å². The van der Waals surface area contributed by atoms with Crippen molar-refractivity contribution in [2.75, 3.05) is 26.7 Å². The second-order valence-corrected chi connectivity index (χ2v) is 6.70. The monoisotopic (exact) mass is 330 g/mol. The molecule has 1 saturated heterocycles. The number of carbonyl (C=O) groups excluding carboxylic acids is 1. The number of nitrogens with one attached hydrogen (secondary N) is 1. The van der Waals surface area contributed by atoms with E-state index in [1.165, 1.54) is 17.7 Å². The van der Waals surface area contributed by atoms with Crippen molar-refractivity contribution in [2.45, 2.75) is 18.9 Å². The number of likely N-dealkylation sites (tertiary alicyclic amines) is 1. The van der Waals surface area contributed by atoms with E-state index in [2.05, 4.69) is 27.7 Å². The van der Waals surface area contributed by atoms with Crippen molar-refractivity contribution in [3.8, 4) is 5.75 Å². The standard InChI is InChI=1S/C18H22N2O2S/c1-22-15-7-4-6-14(12-15)18(21)19-13-16(17-8-5-11-23-17)20-9-2-3-10-20/h4-8,11-12,16H,2-3,9-10,13H2,1H3,(H,19,21)/t16-/m1/s1. The molecule has 5 heteroatoms.